The van der Waals surface area contributed by atoms with Gasteiger partial charge in [0, 0.05) is 51.0 Å². The largest absolute Gasteiger partial charge is 0.339 e. The average Bonchev–Trinajstić information content (AvgIpc) is 3.06. The first kappa shape index (κ1) is 21.7. The van der Waals surface area contributed by atoms with Crippen LogP contribution in [-0.4, -0.2) is 75.1 Å². The van der Waals surface area contributed by atoms with Crippen molar-refractivity contribution in [2.75, 3.05) is 39.3 Å². The van der Waals surface area contributed by atoms with Crippen molar-refractivity contribution in [1.29, 1.82) is 0 Å². The highest BCUT2D eigenvalue weighted by atomic mass is 32.2. The van der Waals surface area contributed by atoms with Crippen LogP contribution in [0.5, 0.6) is 0 Å². The summed E-state index contributed by atoms with van der Waals surface area (Å²) < 4.78 is 0.439. The van der Waals surface area contributed by atoms with Crippen LogP contribution in [0.25, 0.3) is 6.08 Å². The number of thioether (sulfide) groups is 1. The highest BCUT2D eigenvalue weighted by Crippen LogP contribution is 2.32. The third kappa shape index (κ3) is 5.58. The number of hydrogen-bond donors (Lipinski definition) is 0. The van der Waals surface area contributed by atoms with E-state index in [2.05, 4.69) is 9.88 Å². The molecule has 2 aromatic rings. The van der Waals surface area contributed by atoms with Crippen molar-refractivity contribution in [2.24, 2.45) is 0 Å². The molecule has 0 N–H and O–H groups in total. The number of nitrogens with zero attached hydrogens (tertiary/aromatic N) is 4. The molecule has 31 heavy (non-hydrogen) atoms. The Labute approximate surface area is 191 Å². The van der Waals surface area contributed by atoms with Crippen LogP contribution in [0.2, 0.25) is 0 Å². The molecule has 2 fully saturated rings. The fraction of sp³-hybridized carbons (Fsp3) is 0.304. The van der Waals surface area contributed by atoms with E-state index in [1.165, 1.54) is 16.7 Å². The first-order chi connectivity index (χ1) is 15.1. The summed E-state index contributed by atoms with van der Waals surface area (Å²) in [4.78, 5) is 36.1. The molecule has 0 unspecified atom stereocenters. The Bertz CT molecular complexity index is 974. The molecular formula is C23H24N4O2S2. The van der Waals surface area contributed by atoms with Gasteiger partial charge in [0.1, 0.15) is 10.9 Å². The molecule has 0 bridgehead atoms. The number of piperazine rings is 1. The van der Waals surface area contributed by atoms with E-state index in [1.54, 1.807) is 0 Å². The zero-order valence-electron chi connectivity index (χ0n) is 17.1. The minimum Gasteiger partial charge on any atom is -0.339 e. The lowest BCUT2D eigenvalue weighted by atomic mass is 10.2. The maximum Gasteiger partial charge on any atom is 0.266 e. The Morgan fingerprint density at radius 1 is 1.06 bits per heavy atom. The maximum atomic E-state index is 12.8. The van der Waals surface area contributed by atoms with Gasteiger partial charge in [-0.15, -0.1) is 0 Å². The van der Waals surface area contributed by atoms with Crippen LogP contribution in [0.1, 0.15) is 11.3 Å². The van der Waals surface area contributed by atoms with Gasteiger partial charge in [0.25, 0.3) is 5.91 Å². The second-order valence-corrected chi connectivity index (χ2v) is 9.15. The lowest BCUT2D eigenvalue weighted by molar-refractivity contribution is -0.136. The van der Waals surface area contributed by atoms with Crippen molar-refractivity contribution >= 4 is 46.2 Å². The summed E-state index contributed by atoms with van der Waals surface area (Å²) in [7, 11) is 0. The van der Waals surface area contributed by atoms with Crippen molar-refractivity contribution < 1.29 is 9.59 Å². The fourth-order valence-electron chi connectivity index (χ4n) is 3.61. The maximum absolute atomic E-state index is 12.8. The second kappa shape index (κ2) is 10.2. The minimum absolute atomic E-state index is 0.00469. The van der Waals surface area contributed by atoms with Crippen LogP contribution in [0.3, 0.4) is 0 Å². The van der Waals surface area contributed by atoms with Gasteiger partial charge < -0.3 is 4.90 Å². The Morgan fingerprint density at radius 3 is 2.52 bits per heavy atom. The first-order valence-electron chi connectivity index (χ1n) is 10.3. The Morgan fingerprint density at radius 2 is 1.81 bits per heavy atom. The molecule has 1 aromatic carbocycles. The van der Waals surface area contributed by atoms with Gasteiger partial charge in [-0.2, -0.15) is 0 Å². The van der Waals surface area contributed by atoms with Crippen LogP contribution in [0.15, 0.2) is 59.6 Å². The number of carbonyl (C=O) groups is 2. The molecule has 6 nitrogen and oxygen atoms in total. The van der Waals surface area contributed by atoms with Crippen molar-refractivity contribution in [2.45, 2.75) is 6.42 Å². The topological polar surface area (TPSA) is 56.8 Å². The summed E-state index contributed by atoms with van der Waals surface area (Å²) in [5.74, 6) is -0.247. The zero-order valence-corrected chi connectivity index (χ0v) is 18.8. The monoisotopic (exact) mass is 452 g/mol. The van der Waals surface area contributed by atoms with E-state index in [9.17, 15) is 9.59 Å². The van der Waals surface area contributed by atoms with Gasteiger partial charge in [-0.1, -0.05) is 60.4 Å². The number of hydrogen-bond acceptors (Lipinski definition) is 6. The molecule has 3 heterocycles. The molecule has 0 spiro atoms. The van der Waals surface area contributed by atoms with Crippen LogP contribution in [0.4, 0.5) is 0 Å². The minimum atomic E-state index is -0.193. The number of pyridine rings is 1. The molecule has 0 radical (unpaired) electrons. The predicted molar refractivity (Wildman–Crippen MR) is 127 cm³/mol. The van der Waals surface area contributed by atoms with Gasteiger partial charge in [0.15, 0.2) is 0 Å². The summed E-state index contributed by atoms with van der Waals surface area (Å²) >= 11 is 6.63. The quantitative estimate of drug-likeness (QED) is 0.496. The lowest BCUT2D eigenvalue weighted by Gasteiger charge is -2.35. The first-order valence-corrected chi connectivity index (χ1v) is 11.5. The van der Waals surface area contributed by atoms with E-state index in [0.717, 1.165) is 37.3 Å². The third-order valence-electron chi connectivity index (χ3n) is 5.40. The molecule has 2 amide bonds. The highest BCUT2D eigenvalue weighted by molar-refractivity contribution is 8.26. The van der Waals surface area contributed by atoms with E-state index in [1.807, 2.05) is 65.7 Å². The Balaban J connectivity index is 1.27. The van der Waals surface area contributed by atoms with Gasteiger partial charge in [0.2, 0.25) is 5.91 Å². The molecule has 160 valence electrons. The van der Waals surface area contributed by atoms with Gasteiger partial charge in [-0.3, -0.25) is 24.4 Å². The summed E-state index contributed by atoms with van der Waals surface area (Å²) in [5.41, 5.74) is 2.02. The molecule has 2 aliphatic rings. The van der Waals surface area contributed by atoms with E-state index < -0.39 is 0 Å². The number of thiocarbonyl (C=S) groups is 1. The zero-order chi connectivity index (χ0) is 21.6. The molecule has 4 rings (SSSR count). The van der Waals surface area contributed by atoms with Gasteiger partial charge >= 0.3 is 0 Å². The van der Waals surface area contributed by atoms with Crippen LogP contribution in [-0.2, 0) is 16.0 Å². The molecule has 0 atom stereocenters. The number of amides is 2. The number of benzene rings is 1. The number of aromatic nitrogens is 1. The van der Waals surface area contributed by atoms with E-state index in [4.69, 9.17) is 12.2 Å². The normalized spacial score (nSPS) is 18.8. The van der Waals surface area contributed by atoms with Gasteiger partial charge in [-0.25, -0.2) is 0 Å². The Hall–Kier alpha value is -2.55. The smallest absolute Gasteiger partial charge is 0.266 e. The molecule has 0 saturated carbocycles. The molecule has 2 aliphatic heterocycles. The van der Waals surface area contributed by atoms with Crippen molar-refractivity contribution in [3.05, 3.63) is 70.9 Å². The van der Waals surface area contributed by atoms with Crippen LogP contribution < -0.4 is 0 Å². The standard InChI is InChI=1S/C23H24N4O2S2/c28-21(26-14-12-25(13-15-26)11-9-19-8-4-5-10-24-19)17-27-22(29)20(31-23(27)30)16-18-6-2-1-3-7-18/h1-8,10,16H,9,11-15,17H2/b20-16+. The summed E-state index contributed by atoms with van der Waals surface area (Å²) in [5, 5.41) is 0. The molecule has 1 aromatic heterocycles. The fourth-order valence-corrected chi connectivity index (χ4v) is 4.87. The third-order valence-corrected chi connectivity index (χ3v) is 6.78. The predicted octanol–water partition coefficient (Wildman–Crippen LogP) is 2.67. The van der Waals surface area contributed by atoms with Crippen LogP contribution in [0, 0.1) is 0 Å². The van der Waals surface area contributed by atoms with Crippen molar-refractivity contribution in [3.63, 3.8) is 0 Å². The molecule has 8 heteroatoms. The Kier molecular flexibility index (Phi) is 7.11. The molecule has 0 aliphatic carbocycles. The summed E-state index contributed by atoms with van der Waals surface area (Å²) in [6.45, 7) is 3.91. The van der Waals surface area contributed by atoms with E-state index >= 15 is 0 Å². The second-order valence-electron chi connectivity index (χ2n) is 7.47. The summed E-state index contributed by atoms with van der Waals surface area (Å²) in [6.07, 6.45) is 4.54. The SMILES string of the molecule is O=C(CN1C(=O)/C(=C\c2ccccc2)SC1=S)N1CCN(CCc2ccccn2)CC1. The highest BCUT2D eigenvalue weighted by Gasteiger charge is 2.34. The van der Waals surface area contributed by atoms with Gasteiger partial charge in [-0.05, 0) is 23.8 Å². The molecule has 2 saturated heterocycles. The number of carbonyl (C=O) groups excluding carboxylic acids is 2. The van der Waals surface area contributed by atoms with E-state index in [0.29, 0.717) is 22.3 Å². The average molecular weight is 453 g/mol. The van der Waals surface area contributed by atoms with Crippen molar-refractivity contribution in [1.82, 2.24) is 19.7 Å². The van der Waals surface area contributed by atoms with E-state index in [-0.39, 0.29) is 18.4 Å². The van der Waals surface area contributed by atoms with Gasteiger partial charge in [0.05, 0.1) is 4.91 Å². The van der Waals surface area contributed by atoms with Crippen LogP contribution >= 0.6 is 24.0 Å². The lowest BCUT2D eigenvalue weighted by Crippen LogP contribution is -2.51. The molecular weight excluding hydrogens is 428 g/mol. The number of rotatable bonds is 6. The van der Waals surface area contributed by atoms with Crippen molar-refractivity contribution in [3.8, 4) is 0 Å². The summed E-state index contributed by atoms with van der Waals surface area (Å²) in [6, 6.07) is 15.6.